The first-order valence-corrected chi connectivity index (χ1v) is 17.8. The lowest BCUT2D eigenvalue weighted by molar-refractivity contribution is 0.387. The summed E-state index contributed by atoms with van der Waals surface area (Å²) < 4.78 is 19.4. The third-order valence-electron chi connectivity index (χ3n) is 8.78. The number of likely N-dealkylation sites (tertiary alicyclic amines) is 1. The molecule has 5 heterocycles. The van der Waals surface area contributed by atoms with E-state index in [1.807, 2.05) is 12.1 Å². The summed E-state index contributed by atoms with van der Waals surface area (Å²) in [5.41, 5.74) is 5.99. The third-order valence-corrected chi connectivity index (χ3v) is 10.3. The normalized spacial score (nSPS) is 18.5. The highest BCUT2D eigenvalue weighted by Crippen LogP contribution is 2.42. The van der Waals surface area contributed by atoms with Crippen molar-refractivity contribution in [2.75, 3.05) is 69.2 Å². The van der Waals surface area contributed by atoms with E-state index in [1.54, 1.807) is 45.2 Å². The number of aromatic nitrogens is 6. The number of hydrogen-bond donors (Lipinski definition) is 2. The molecule has 0 amide bonds. The second-order valence-electron chi connectivity index (χ2n) is 12.3. The van der Waals surface area contributed by atoms with Crippen molar-refractivity contribution in [3.05, 3.63) is 54.6 Å². The predicted molar refractivity (Wildman–Crippen MR) is 179 cm³/mol. The van der Waals surface area contributed by atoms with Crippen molar-refractivity contribution in [1.29, 1.82) is 0 Å². The molecule has 232 valence electrons. The number of ether oxygens (including phenoxy) is 1. The van der Waals surface area contributed by atoms with Gasteiger partial charge in [0.2, 0.25) is 5.95 Å². The lowest BCUT2D eigenvalue weighted by Gasteiger charge is -2.25. The Balaban J connectivity index is 1.26. The van der Waals surface area contributed by atoms with Crippen LogP contribution in [-0.2, 0) is 11.0 Å². The van der Waals surface area contributed by atoms with E-state index in [4.69, 9.17) is 9.72 Å². The van der Waals surface area contributed by atoms with Crippen molar-refractivity contribution in [1.82, 2.24) is 34.8 Å². The summed E-state index contributed by atoms with van der Waals surface area (Å²) in [5, 5.41) is 7.38. The molecular formula is C32H37N10O2P. The van der Waals surface area contributed by atoms with Gasteiger partial charge in [-0.2, -0.15) is 9.97 Å². The Bertz CT molecular complexity index is 1950. The van der Waals surface area contributed by atoms with Gasteiger partial charge in [0.25, 0.3) is 0 Å². The number of hydrogen-bond acceptors (Lipinski definition) is 12. The van der Waals surface area contributed by atoms with Gasteiger partial charge in [-0.15, -0.1) is 0 Å². The van der Waals surface area contributed by atoms with Crippen molar-refractivity contribution in [2.24, 2.45) is 11.8 Å². The lowest BCUT2D eigenvalue weighted by atomic mass is 10.0. The smallest absolute Gasteiger partial charge is 0.231 e. The minimum absolute atomic E-state index is 0.329. The molecular weight excluding hydrogens is 587 g/mol. The highest BCUT2D eigenvalue weighted by atomic mass is 31.2. The van der Waals surface area contributed by atoms with Crippen LogP contribution < -0.4 is 25.6 Å². The van der Waals surface area contributed by atoms with Gasteiger partial charge in [0, 0.05) is 62.7 Å². The van der Waals surface area contributed by atoms with Crippen LogP contribution in [0.5, 0.6) is 5.75 Å². The number of nitrogens with zero attached hydrogens (tertiary/aromatic N) is 8. The van der Waals surface area contributed by atoms with Gasteiger partial charge in [0.1, 0.15) is 18.4 Å². The van der Waals surface area contributed by atoms with Gasteiger partial charge in [-0.25, -0.2) is 9.97 Å². The Morgan fingerprint density at radius 2 is 1.60 bits per heavy atom. The van der Waals surface area contributed by atoms with Crippen LogP contribution in [0.2, 0.25) is 0 Å². The van der Waals surface area contributed by atoms with E-state index in [0.717, 1.165) is 38.3 Å². The zero-order chi connectivity index (χ0) is 31.3. The van der Waals surface area contributed by atoms with Gasteiger partial charge >= 0.3 is 0 Å². The summed E-state index contributed by atoms with van der Waals surface area (Å²) in [7, 11) is 1.11. The average molecular weight is 625 g/mol. The van der Waals surface area contributed by atoms with Crippen molar-refractivity contribution < 1.29 is 9.30 Å². The van der Waals surface area contributed by atoms with Crippen LogP contribution in [0, 0.1) is 11.8 Å². The average Bonchev–Trinajstić information content (AvgIpc) is 3.57. The van der Waals surface area contributed by atoms with E-state index < -0.39 is 7.14 Å². The van der Waals surface area contributed by atoms with E-state index in [0.29, 0.717) is 62.5 Å². The second-order valence-corrected chi connectivity index (χ2v) is 15.4. The fraction of sp³-hybridized carbons (Fsp3) is 0.375. The maximum Gasteiger partial charge on any atom is 0.231 e. The van der Waals surface area contributed by atoms with E-state index >= 15 is 0 Å². The molecule has 2 aromatic carbocycles. The first-order chi connectivity index (χ1) is 21.7. The van der Waals surface area contributed by atoms with E-state index in [2.05, 4.69) is 71.5 Å². The van der Waals surface area contributed by atoms with Crippen LogP contribution in [0.25, 0.3) is 22.2 Å². The number of benzene rings is 2. The minimum atomic E-state index is -2.79. The standard InChI is InChI=1S/C32H37N10O2P/c1-6-19-13-24(26(44-3)14-25(19)42-17-20-15-41(2)16-21(20)18-42)38-32-39-30-28(35-11-12-36-30)31(40-32)37-23-8-7-22-27(34-10-9-33-22)29(23)45(4,5)43/h7-14,20-21H,6,15-18H2,1-5H3,(H2,36,37,38,39,40)/t20-,21+. The molecule has 0 radical (unpaired) electrons. The minimum Gasteiger partial charge on any atom is -0.494 e. The number of fused-ring (bicyclic) bond motifs is 3. The molecule has 0 bridgehead atoms. The molecule has 0 saturated carbocycles. The Labute approximate surface area is 262 Å². The number of methoxy groups -OCH3 is 1. The van der Waals surface area contributed by atoms with E-state index in [9.17, 15) is 4.57 Å². The molecule has 2 saturated heterocycles. The summed E-state index contributed by atoms with van der Waals surface area (Å²) in [6.45, 7) is 10.0. The van der Waals surface area contributed by atoms with E-state index in [-0.39, 0.29) is 0 Å². The summed E-state index contributed by atoms with van der Waals surface area (Å²) in [4.78, 5) is 32.4. The number of aryl methyl sites for hydroxylation is 1. The maximum atomic E-state index is 13.5. The fourth-order valence-corrected chi connectivity index (χ4v) is 8.20. The van der Waals surface area contributed by atoms with Gasteiger partial charge < -0.3 is 29.7 Å². The number of anilines is 5. The first-order valence-electron chi connectivity index (χ1n) is 15.2. The van der Waals surface area contributed by atoms with Crippen LogP contribution in [0.4, 0.5) is 28.8 Å². The van der Waals surface area contributed by atoms with E-state index in [1.165, 1.54) is 11.3 Å². The van der Waals surface area contributed by atoms with Gasteiger partial charge in [-0.1, -0.05) is 6.92 Å². The van der Waals surface area contributed by atoms with Crippen molar-refractivity contribution in [3.63, 3.8) is 0 Å². The Hall–Kier alpha value is -4.41. The predicted octanol–water partition coefficient (Wildman–Crippen LogP) is 4.67. The molecule has 3 aromatic heterocycles. The van der Waals surface area contributed by atoms with Crippen LogP contribution in [0.15, 0.2) is 49.1 Å². The monoisotopic (exact) mass is 624 g/mol. The topological polar surface area (TPSA) is 134 Å². The van der Waals surface area contributed by atoms with Crippen LogP contribution in [-0.4, -0.2) is 88.5 Å². The molecule has 0 spiro atoms. The van der Waals surface area contributed by atoms with Crippen molar-refractivity contribution in [2.45, 2.75) is 13.3 Å². The first kappa shape index (κ1) is 29.3. The largest absolute Gasteiger partial charge is 0.494 e. The van der Waals surface area contributed by atoms with Gasteiger partial charge in [-0.05, 0) is 62.4 Å². The number of nitrogens with one attached hydrogen (secondary N) is 2. The van der Waals surface area contributed by atoms with Crippen molar-refractivity contribution >= 4 is 63.5 Å². The molecule has 7 rings (SSSR count). The molecule has 0 unspecified atom stereocenters. The zero-order valence-electron chi connectivity index (χ0n) is 26.2. The molecule has 2 aliphatic heterocycles. The molecule has 0 aliphatic carbocycles. The quantitative estimate of drug-likeness (QED) is 0.233. The Morgan fingerprint density at radius 3 is 2.31 bits per heavy atom. The molecule has 2 aliphatic rings. The van der Waals surface area contributed by atoms with Crippen LogP contribution in [0.3, 0.4) is 0 Å². The molecule has 45 heavy (non-hydrogen) atoms. The summed E-state index contributed by atoms with van der Waals surface area (Å²) in [6, 6.07) is 7.97. The molecule has 12 nitrogen and oxygen atoms in total. The maximum absolute atomic E-state index is 13.5. The molecule has 5 aromatic rings. The van der Waals surface area contributed by atoms with Crippen LogP contribution >= 0.6 is 7.14 Å². The Morgan fingerprint density at radius 1 is 0.889 bits per heavy atom. The van der Waals surface area contributed by atoms with Gasteiger partial charge in [0.15, 0.2) is 17.0 Å². The molecule has 13 heteroatoms. The highest BCUT2D eigenvalue weighted by molar-refractivity contribution is 7.71. The SMILES string of the molecule is CCc1cc(Nc2nc(Nc3ccc4nccnc4c3P(C)(C)=O)c3nccnc3n2)c(OC)cc1N1C[C@H]2CN(C)C[C@H]2C1. The second kappa shape index (κ2) is 11.5. The lowest BCUT2D eigenvalue weighted by Crippen LogP contribution is -2.27. The highest BCUT2D eigenvalue weighted by Gasteiger charge is 2.39. The van der Waals surface area contributed by atoms with Crippen molar-refractivity contribution in [3.8, 4) is 5.75 Å². The number of rotatable bonds is 8. The van der Waals surface area contributed by atoms with Gasteiger partial charge in [-0.3, -0.25) is 9.97 Å². The van der Waals surface area contributed by atoms with Gasteiger partial charge in [0.05, 0.1) is 29.3 Å². The third kappa shape index (κ3) is 5.53. The van der Waals surface area contributed by atoms with Crippen LogP contribution in [0.1, 0.15) is 12.5 Å². The Kier molecular flexibility index (Phi) is 7.49. The molecule has 2 N–H and O–H groups in total. The summed E-state index contributed by atoms with van der Waals surface area (Å²) in [6.07, 6.45) is 7.30. The molecule has 2 fully saturated rings. The summed E-state index contributed by atoms with van der Waals surface area (Å²) in [5.74, 6) is 2.86. The fourth-order valence-electron chi connectivity index (χ4n) is 6.81. The summed E-state index contributed by atoms with van der Waals surface area (Å²) >= 11 is 0. The molecule has 2 atom stereocenters. The zero-order valence-corrected chi connectivity index (χ0v) is 27.0.